The van der Waals surface area contributed by atoms with E-state index in [0.717, 1.165) is 39.4 Å². The summed E-state index contributed by atoms with van der Waals surface area (Å²) >= 11 is 0. The maximum atomic E-state index is 5.52. The Morgan fingerprint density at radius 1 is 1.33 bits per heavy atom. The van der Waals surface area contributed by atoms with Crippen molar-refractivity contribution in [2.75, 3.05) is 33.0 Å². The lowest BCUT2D eigenvalue weighted by molar-refractivity contribution is -0.0704. The van der Waals surface area contributed by atoms with Crippen molar-refractivity contribution in [3.8, 4) is 0 Å². The molecule has 3 nitrogen and oxygen atoms in total. The first-order valence-electron chi connectivity index (χ1n) is 4.74. The molecule has 0 aromatic carbocycles. The van der Waals surface area contributed by atoms with Crippen molar-refractivity contribution in [2.45, 2.75) is 18.9 Å². The first kappa shape index (κ1) is 8.48. The van der Waals surface area contributed by atoms with Gasteiger partial charge >= 0.3 is 0 Å². The van der Waals surface area contributed by atoms with Crippen molar-refractivity contribution < 1.29 is 9.47 Å². The van der Waals surface area contributed by atoms with Crippen LogP contribution in [0.2, 0.25) is 0 Å². The number of ether oxygens (including phenoxy) is 2. The van der Waals surface area contributed by atoms with Crippen molar-refractivity contribution in [1.29, 1.82) is 0 Å². The van der Waals surface area contributed by atoms with Crippen LogP contribution in [0.4, 0.5) is 0 Å². The average molecular weight is 171 g/mol. The van der Waals surface area contributed by atoms with E-state index in [0.29, 0.717) is 5.92 Å². The molecule has 0 aliphatic carbocycles. The van der Waals surface area contributed by atoms with Crippen LogP contribution in [0.15, 0.2) is 0 Å². The summed E-state index contributed by atoms with van der Waals surface area (Å²) in [6, 6.07) is 0. The fourth-order valence-electron chi connectivity index (χ4n) is 2.07. The lowest BCUT2D eigenvalue weighted by Crippen LogP contribution is -2.61. The molecule has 2 rings (SSSR count). The highest BCUT2D eigenvalue weighted by molar-refractivity contribution is 4.96. The highest BCUT2D eigenvalue weighted by atomic mass is 16.5. The number of hydrogen-bond acceptors (Lipinski definition) is 3. The zero-order valence-corrected chi connectivity index (χ0v) is 7.64. The molecule has 0 saturated carbocycles. The Labute approximate surface area is 73.4 Å². The van der Waals surface area contributed by atoms with E-state index < -0.39 is 0 Å². The van der Waals surface area contributed by atoms with E-state index in [2.05, 4.69) is 12.2 Å². The van der Waals surface area contributed by atoms with E-state index in [1.807, 2.05) is 0 Å². The van der Waals surface area contributed by atoms with E-state index in [-0.39, 0.29) is 5.54 Å². The predicted molar refractivity (Wildman–Crippen MR) is 46.2 cm³/mol. The predicted octanol–water partition coefficient (Wildman–Crippen LogP) is 0.401. The third-order valence-corrected chi connectivity index (χ3v) is 3.09. The molecule has 70 valence electrons. The maximum Gasteiger partial charge on any atom is 0.0653 e. The molecule has 2 aliphatic heterocycles. The number of hydrogen-bond donors (Lipinski definition) is 1. The summed E-state index contributed by atoms with van der Waals surface area (Å²) in [4.78, 5) is 0. The molecule has 2 fully saturated rings. The Balaban J connectivity index is 2.04. The van der Waals surface area contributed by atoms with Gasteiger partial charge in [-0.25, -0.2) is 0 Å². The third-order valence-electron chi connectivity index (χ3n) is 3.09. The van der Waals surface area contributed by atoms with Crippen LogP contribution < -0.4 is 5.32 Å². The van der Waals surface area contributed by atoms with Crippen molar-refractivity contribution in [3.63, 3.8) is 0 Å². The quantitative estimate of drug-likeness (QED) is 0.572. The summed E-state index contributed by atoms with van der Waals surface area (Å²) < 4.78 is 10.9. The second-order valence-corrected chi connectivity index (χ2v) is 3.86. The van der Waals surface area contributed by atoms with Crippen LogP contribution in [0.3, 0.4) is 0 Å². The molecule has 0 amide bonds. The standard InChI is InChI=1S/C9H17NO2/c1-8-6-11-4-2-9(8)7-12-5-3-10-9/h8,10H,2-7H2,1H3. The fraction of sp³-hybridized carbons (Fsp3) is 1.00. The Hall–Kier alpha value is -0.120. The zero-order chi connectivity index (χ0) is 8.44. The van der Waals surface area contributed by atoms with Gasteiger partial charge < -0.3 is 14.8 Å². The van der Waals surface area contributed by atoms with E-state index >= 15 is 0 Å². The van der Waals surface area contributed by atoms with Crippen LogP contribution >= 0.6 is 0 Å². The van der Waals surface area contributed by atoms with Crippen molar-refractivity contribution in [2.24, 2.45) is 5.92 Å². The largest absolute Gasteiger partial charge is 0.381 e. The van der Waals surface area contributed by atoms with E-state index in [9.17, 15) is 0 Å². The van der Waals surface area contributed by atoms with Crippen LogP contribution in [0.1, 0.15) is 13.3 Å². The molecule has 2 heterocycles. The minimum absolute atomic E-state index is 0.219. The van der Waals surface area contributed by atoms with Gasteiger partial charge in [0, 0.05) is 18.7 Å². The Bertz CT molecular complexity index is 146. The summed E-state index contributed by atoms with van der Waals surface area (Å²) in [6.07, 6.45) is 1.09. The van der Waals surface area contributed by atoms with E-state index in [1.165, 1.54) is 0 Å². The molecular weight excluding hydrogens is 154 g/mol. The van der Waals surface area contributed by atoms with Crippen molar-refractivity contribution in [1.82, 2.24) is 5.32 Å². The summed E-state index contributed by atoms with van der Waals surface area (Å²) in [6.45, 7) is 6.69. The van der Waals surface area contributed by atoms with Crippen LogP contribution in [0.25, 0.3) is 0 Å². The second kappa shape index (κ2) is 3.32. The van der Waals surface area contributed by atoms with Gasteiger partial charge in [0.1, 0.15) is 0 Å². The second-order valence-electron chi connectivity index (χ2n) is 3.86. The minimum Gasteiger partial charge on any atom is -0.381 e. The number of nitrogens with one attached hydrogen (secondary N) is 1. The first-order chi connectivity index (χ1) is 5.83. The Morgan fingerprint density at radius 3 is 2.92 bits per heavy atom. The molecule has 0 aromatic heterocycles. The Kier molecular flexibility index (Phi) is 2.35. The van der Waals surface area contributed by atoms with Gasteiger partial charge in [-0.1, -0.05) is 6.92 Å². The topological polar surface area (TPSA) is 30.5 Å². The summed E-state index contributed by atoms with van der Waals surface area (Å²) in [5, 5.41) is 3.58. The molecule has 12 heavy (non-hydrogen) atoms. The Morgan fingerprint density at radius 2 is 2.25 bits per heavy atom. The molecule has 3 heteroatoms. The van der Waals surface area contributed by atoms with Crippen LogP contribution in [-0.4, -0.2) is 38.5 Å². The zero-order valence-electron chi connectivity index (χ0n) is 7.64. The maximum absolute atomic E-state index is 5.52. The molecule has 1 spiro atoms. The van der Waals surface area contributed by atoms with Gasteiger partial charge in [0.25, 0.3) is 0 Å². The smallest absolute Gasteiger partial charge is 0.0653 e. The highest BCUT2D eigenvalue weighted by Gasteiger charge is 2.40. The van der Waals surface area contributed by atoms with E-state index in [4.69, 9.17) is 9.47 Å². The van der Waals surface area contributed by atoms with Crippen LogP contribution in [0.5, 0.6) is 0 Å². The minimum atomic E-state index is 0.219. The highest BCUT2D eigenvalue weighted by Crippen LogP contribution is 2.28. The SMILES string of the molecule is CC1COCCC12COCCN2. The van der Waals surface area contributed by atoms with Gasteiger partial charge in [-0.15, -0.1) is 0 Å². The third kappa shape index (κ3) is 1.37. The fourth-order valence-corrected chi connectivity index (χ4v) is 2.07. The van der Waals surface area contributed by atoms with Crippen molar-refractivity contribution >= 4 is 0 Å². The van der Waals surface area contributed by atoms with Gasteiger partial charge in [-0.05, 0) is 12.3 Å². The molecule has 1 N–H and O–H groups in total. The summed E-state index contributed by atoms with van der Waals surface area (Å²) in [7, 11) is 0. The van der Waals surface area contributed by atoms with Gasteiger partial charge in [-0.3, -0.25) is 0 Å². The molecule has 2 atom stereocenters. The molecular formula is C9H17NO2. The monoisotopic (exact) mass is 171 g/mol. The molecule has 0 radical (unpaired) electrons. The molecule has 0 bridgehead atoms. The van der Waals surface area contributed by atoms with Gasteiger partial charge in [0.15, 0.2) is 0 Å². The molecule has 2 saturated heterocycles. The normalized spacial score (nSPS) is 43.2. The first-order valence-corrected chi connectivity index (χ1v) is 4.74. The number of morpholine rings is 1. The van der Waals surface area contributed by atoms with Crippen LogP contribution in [-0.2, 0) is 9.47 Å². The van der Waals surface area contributed by atoms with E-state index in [1.54, 1.807) is 0 Å². The lowest BCUT2D eigenvalue weighted by Gasteiger charge is -2.45. The summed E-state index contributed by atoms with van der Waals surface area (Å²) in [5.74, 6) is 0.576. The number of rotatable bonds is 0. The van der Waals surface area contributed by atoms with Gasteiger partial charge in [0.2, 0.25) is 0 Å². The molecule has 0 aromatic rings. The molecule has 2 aliphatic rings. The summed E-state index contributed by atoms with van der Waals surface area (Å²) in [5.41, 5.74) is 0.219. The van der Waals surface area contributed by atoms with Crippen LogP contribution in [0, 0.1) is 5.92 Å². The van der Waals surface area contributed by atoms with Gasteiger partial charge in [-0.2, -0.15) is 0 Å². The van der Waals surface area contributed by atoms with Crippen molar-refractivity contribution in [3.05, 3.63) is 0 Å². The molecule has 2 unspecified atom stereocenters. The van der Waals surface area contributed by atoms with Gasteiger partial charge in [0.05, 0.1) is 19.8 Å². The lowest BCUT2D eigenvalue weighted by atomic mass is 9.81. The average Bonchev–Trinajstić information content (AvgIpc) is 2.12.